The van der Waals surface area contributed by atoms with Gasteiger partial charge in [0.2, 0.25) is 5.91 Å². The number of amides is 1. The first-order valence-electron chi connectivity index (χ1n) is 4.00. The maximum Gasteiger partial charge on any atom is 0.321 e. The van der Waals surface area contributed by atoms with Crippen LogP contribution in [0.2, 0.25) is 0 Å². The third kappa shape index (κ3) is 4.75. The summed E-state index contributed by atoms with van der Waals surface area (Å²) in [6, 6.07) is -2.04. The van der Waals surface area contributed by atoms with Crippen molar-refractivity contribution in [3.63, 3.8) is 0 Å². The Labute approximate surface area is 80.5 Å². The summed E-state index contributed by atoms with van der Waals surface area (Å²) in [5, 5.41) is 27.8. The molecule has 0 bridgehead atoms. The van der Waals surface area contributed by atoms with Gasteiger partial charge in [0.05, 0.1) is 25.7 Å². The second-order valence-electron chi connectivity index (χ2n) is 2.78. The largest absolute Gasteiger partial charge is 0.480 e. The highest BCUT2D eigenvalue weighted by molar-refractivity contribution is 5.84. The van der Waals surface area contributed by atoms with Gasteiger partial charge in [-0.15, -0.1) is 0 Å². The number of nitrogens with one attached hydrogen (secondary N) is 1. The molecule has 0 aliphatic carbocycles. The Hall–Kier alpha value is -1.18. The summed E-state index contributed by atoms with van der Waals surface area (Å²) in [5.41, 5.74) is 5.09. The number of rotatable bonds is 6. The predicted molar refractivity (Wildman–Crippen MR) is 46.3 cm³/mol. The van der Waals surface area contributed by atoms with Crippen LogP contribution in [0.15, 0.2) is 0 Å². The first kappa shape index (κ1) is 12.8. The van der Waals surface area contributed by atoms with Crippen molar-refractivity contribution in [2.75, 3.05) is 13.2 Å². The Kier molecular flexibility index (Phi) is 5.77. The molecule has 6 N–H and O–H groups in total. The van der Waals surface area contributed by atoms with Crippen molar-refractivity contribution in [3.8, 4) is 0 Å². The van der Waals surface area contributed by atoms with Gasteiger partial charge in [0.15, 0.2) is 0 Å². The number of hydrogen-bond donors (Lipinski definition) is 5. The normalized spacial score (nSPS) is 12.6. The Balaban J connectivity index is 3.91. The van der Waals surface area contributed by atoms with Crippen LogP contribution in [0.25, 0.3) is 0 Å². The standard InChI is InChI=1S/C7H14N2O5/c8-5(7(13)14)1-6(12)9-4(2-10)3-11/h4-5,10-11H,1-3,8H2,(H,9,12)(H,13,14)/t5-/m0/s1. The lowest BCUT2D eigenvalue weighted by Gasteiger charge is -2.14. The summed E-state index contributed by atoms with van der Waals surface area (Å²) in [7, 11) is 0. The first-order chi connectivity index (χ1) is 6.51. The molecule has 0 saturated carbocycles. The summed E-state index contributed by atoms with van der Waals surface area (Å²) < 4.78 is 0. The fourth-order valence-electron chi connectivity index (χ4n) is 0.723. The zero-order chi connectivity index (χ0) is 11.1. The minimum Gasteiger partial charge on any atom is -0.480 e. The molecule has 0 saturated heterocycles. The van der Waals surface area contributed by atoms with Gasteiger partial charge in [0, 0.05) is 0 Å². The SMILES string of the molecule is N[C@@H](CC(=O)NC(CO)CO)C(=O)O. The lowest BCUT2D eigenvalue weighted by atomic mass is 10.2. The molecule has 0 aliphatic rings. The first-order valence-corrected chi connectivity index (χ1v) is 4.00. The molecule has 1 atom stereocenters. The van der Waals surface area contributed by atoms with Crippen LogP contribution in [0, 0.1) is 0 Å². The van der Waals surface area contributed by atoms with E-state index in [1.807, 2.05) is 0 Å². The van der Waals surface area contributed by atoms with Crippen LogP contribution in [0.4, 0.5) is 0 Å². The molecule has 0 aromatic heterocycles. The number of carbonyl (C=O) groups is 2. The lowest BCUT2D eigenvalue weighted by Crippen LogP contribution is -2.44. The van der Waals surface area contributed by atoms with E-state index in [0.29, 0.717) is 0 Å². The maximum atomic E-state index is 11.0. The van der Waals surface area contributed by atoms with E-state index >= 15 is 0 Å². The Bertz CT molecular complexity index is 204. The molecule has 7 heteroatoms. The average Bonchev–Trinajstić information content (AvgIpc) is 2.13. The smallest absolute Gasteiger partial charge is 0.321 e. The zero-order valence-electron chi connectivity index (χ0n) is 7.51. The van der Waals surface area contributed by atoms with Crippen LogP contribution < -0.4 is 11.1 Å². The molecule has 0 rings (SSSR count). The molecule has 0 aromatic carbocycles. The summed E-state index contributed by atoms with van der Waals surface area (Å²) in [4.78, 5) is 21.3. The monoisotopic (exact) mass is 206 g/mol. The minimum atomic E-state index is -1.27. The van der Waals surface area contributed by atoms with E-state index in [2.05, 4.69) is 5.32 Å². The zero-order valence-corrected chi connectivity index (χ0v) is 7.51. The molecule has 14 heavy (non-hydrogen) atoms. The Morgan fingerprint density at radius 2 is 1.79 bits per heavy atom. The van der Waals surface area contributed by atoms with Crippen molar-refractivity contribution in [3.05, 3.63) is 0 Å². The van der Waals surface area contributed by atoms with Crippen LogP contribution in [0.1, 0.15) is 6.42 Å². The maximum absolute atomic E-state index is 11.0. The summed E-state index contributed by atoms with van der Waals surface area (Å²) in [6.45, 7) is -0.824. The number of carbonyl (C=O) groups excluding carboxylic acids is 1. The third-order valence-corrected chi connectivity index (χ3v) is 1.53. The number of nitrogens with two attached hydrogens (primary N) is 1. The molecule has 0 unspecified atom stereocenters. The predicted octanol–water partition coefficient (Wildman–Crippen LogP) is -2.74. The van der Waals surface area contributed by atoms with Crippen LogP contribution in [-0.2, 0) is 9.59 Å². The van der Waals surface area contributed by atoms with Crippen LogP contribution >= 0.6 is 0 Å². The second-order valence-corrected chi connectivity index (χ2v) is 2.78. The molecule has 0 fully saturated rings. The lowest BCUT2D eigenvalue weighted by molar-refractivity contribution is -0.140. The van der Waals surface area contributed by atoms with Gasteiger partial charge in [-0.05, 0) is 0 Å². The highest BCUT2D eigenvalue weighted by atomic mass is 16.4. The van der Waals surface area contributed by atoms with Gasteiger partial charge >= 0.3 is 5.97 Å². The summed E-state index contributed by atoms with van der Waals surface area (Å²) in [5.74, 6) is -1.89. The fraction of sp³-hybridized carbons (Fsp3) is 0.714. The molecule has 1 amide bonds. The Morgan fingerprint density at radius 3 is 2.14 bits per heavy atom. The molecule has 0 aromatic rings. The van der Waals surface area contributed by atoms with Crippen molar-refractivity contribution in [1.82, 2.24) is 5.32 Å². The summed E-state index contributed by atoms with van der Waals surface area (Å²) >= 11 is 0. The molecule has 0 radical (unpaired) electrons. The quantitative estimate of drug-likeness (QED) is 0.320. The highest BCUT2D eigenvalue weighted by Crippen LogP contribution is 1.90. The fourth-order valence-corrected chi connectivity index (χ4v) is 0.723. The number of hydrogen-bond acceptors (Lipinski definition) is 5. The summed E-state index contributed by atoms with van der Waals surface area (Å²) in [6.07, 6.45) is -0.383. The molecule has 7 nitrogen and oxygen atoms in total. The average molecular weight is 206 g/mol. The van der Waals surface area contributed by atoms with Crippen molar-refractivity contribution in [2.45, 2.75) is 18.5 Å². The van der Waals surface area contributed by atoms with Crippen molar-refractivity contribution in [2.24, 2.45) is 5.73 Å². The van der Waals surface area contributed by atoms with Gasteiger partial charge in [0.1, 0.15) is 6.04 Å². The van der Waals surface area contributed by atoms with Crippen molar-refractivity contribution >= 4 is 11.9 Å². The van der Waals surface area contributed by atoms with Crippen molar-refractivity contribution in [1.29, 1.82) is 0 Å². The second kappa shape index (κ2) is 6.30. The Morgan fingerprint density at radius 1 is 1.29 bits per heavy atom. The molecular formula is C7H14N2O5. The van der Waals surface area contributed by atoms with E-state index in [4.69, 9.17) is 21.1 Å². The topological polar surface area (TPSA) is 133 Å². The van der Waals surface area contributed by atoms with Gasteiger partial charge in [-0.25, -0.2) is 0 Å². The third-order valence-electron chi connectivity index (χ3n) is 1.53. The van der Waals surface area contributed by atoms with E-state index in [0.717, 1.165) is 0 Å². The van der Waals surface area contributed by atoms with E-state index in [1.165, 1.54) is 0 Å². The number of aliphatic carboxylic acids is 1. The molecular weight excluding hydrogens is 192 g/mol. The number of aliphatic hydroxyl groups excluding tert-OH is 2. The van der Waals surface area contributed by atoms with Crippen LogP contribution in [-0.4, -0.2) is 52.5 Å². The molecule has 0 heterocycles. The van der Waals surface area contributed by atoms with Crippen LogP contribution in [0.5, 0.6) is 0 Å². The number of carboxylic acids is 1. The van der Waals surface area contributed by atoms with E-state index in [9.17, 15) is 9.59 Å². The molecule has 0 spiro atoms. The minimum absolute atomic E-state index is 0.383. The van der Waals surface area contributed by atoms with Gasteiger partial charge < -0.3 is 26.4 Å². The van der Waals surface area contributed by atoms with Crippen molar-refractivity contribution < 1.29 is 24.9 Å². The van der Waals surface area contributed by atoms with Gasteiger partial charge in [0.25, 0.3) is 0 Å². The molecule has 0 aliphatic heterocycles. The van der Waals surface area contributed by atoms with E-state index in [1.54, 1.807) is 0 Å². The van der Waals surface area contributed by atoms with Gasteiger partial charge in [-0.2, -0.15) is 0 Å². The van der Waals surface area contributed by atoms with E-state index in [-0.39, 0.29) is 6.42 Å². The van der Waals surface area contributed by atoms with Gasteiger partial charge in [-0.3, -0.25) is 9.59 Å². The highest BCUT2D eigenvalue weighted by Gasteiger charge is 2.18. The van der Waals surface area contributed by atoms with E-state index < -0.39 is 37.2 Å². The number of carboxylic acid groups (broad SMARTS) is 1. The van der Waals surface area contributed by atoms with Crippen LogP contribution in [0.3, 0.4) is 0 Å². The van der Waals surface area contributed by atoms with Gasteiger partial charge in [-0.1, -0.05) is 0 Å². The number of aliphatic hydroxyl groups is 2. The molecule has 82 valence electrons.